The Morgan fingerprint density at radius 1 is 1.12 bits per heavy atom. The maximum absolute atomic E-state index is 5.84. The quantitative estimate of drug-likeness (QED) is 0.631. The highest BCUT2D eigenvalue weighted by Crippen LogP contribution is 2.22. The highest BCUT2D eigenvalue weighted by Gasteiger charge is 2.03. The summed E-state index contributed by atoms with van der Waals surface area (Å²) in [6.07, 6.45) is 3.97. The lowest BCUT2D eigenvalue weighted by molar-refractivity contribution is 0.614. The van der Waals surface area contributed by atoms with Gasteiger partial charge in [0, 0.05) is 26.5 Å². The molecule has 88 valence electrons. The second-order valence-corrected chi connectivity index (χ2v) is 3.94. The van der Waals surface area contributed by atoms with Crippen LogP contribution in [-0.4, -0.2) is 29.5 Å². The fourth-order valence-electron chi connectivity index (χ4n) is 1.50. The highest BCUT2D eigenvalue weighted by atomic mass is 15.2. The van der Waals surface area contributed by atoms with E-state index in [9.17, 15) is 0 Å². The van der Waals surface area contributed by atoms with Crippen LogP contribution in [-0.2, 0) is 0 Å². The minimum absolute atomic E-state index is 0.490. The van der Waals surface area contributed by atoms with Crippen LogP contribution in [0.5, 0.6) is 0 Å². The van der Waals surface area contributed by atoms with Gasteiger partial charge in [-0.3, -0.25) is 0 Å². The average Bonchev–Trinajstić information content (AvgIpc) is 2.83. The Labute approximate surface area is 101 Å². The van der Waals surface area contributed by atoms with E-state index in [4.69, 9.17) is 5.73 Å². The average molecular weight is 228 g/mol. The van der Waals surface area contributed by atoms with Crippen molar-refractivity contribution in [3.63, 3.8) is 0 Å². The van der Waals surface area contributed by atoms with Gasteiger partial charge in [-0.25, -0.2) is 4.99 Å². The second kappa shape index (κ2) is 4.74. The molecule has 0 radical (unpaired) electrons. The molecule has 0 aliphatic rings. The first-order valence-corrected chi connectivity index (χ1v) is 5.42. The molecule has 0 saturated heterocycles. The van der Waals surface area contributed by atoms with E-state index in [2.05, 4.69) is 4.99 Å². The molecule has 0 amide bonds. The summed E-state index contributed by atoms with van der Waals surface area (Å²) in [5.74, 6) is 0.490. The Kier molecular flexibility index (Phi) is 3.14. The summed E-state index contributed by atoms with van der Waals surface area (Å²) in [6, 6.07) is 11.9. The molecule has 0 fully saturated rings. The number of guanidine groups is 1. The third-order valence-electron chi connectivity index (χ3n) is 2.46. The Morgan fingerprint density at radius 3 is 2.41 bits per heavy atom. The summed E-state index contributed by atoms with van der Waals surface area (Å²) in [4.78, 5) is 6.20. The first-order chi connectivity index (χ1) is 8.18. The number of para-hydroxylation sites is 2. The number of aliphatic imine (C=N–C) groups is 1. The van der Waals surface area contributed by atoms with Gasteiger partial charge in [0.2, 0.25) is 0 Å². The van der Waals surface area contributed by atoms with Crippen molar-refractivity contribution in [1.82, 2.24) is 9.47 Å². The summed E-state index contributed by atoms with van der Waals surface area (Å²) in [5, 5.41) is 0. The maximum Gasteiger partial charge on any atom is 0.196 e. The van der Waals surface area contributed by atoms with Gasteiger partial charge in [-0.15, -0.1) is 0 Å². The molecule has 2 N–H and O–H groups in total. The van der Waals surface area contributed by atoms with Crippen LogP contribution in [0.15, 0.2) is 53.8 Å². The van der Waals surface area contributed by atoms with E-state index in [0.29, 0.717) is 5.96 Å². The van der Waals surface area contributed by atoms with Crippen LogP contribution in [0.1, 0.15) is 0 Å². The van der Waals surface area contributed by atoms with Crippen LogP contribution in [0, 0.1) is 0 Å². The van der Waals surface area contributed by atoms with Crippen molar-refractivity contribution >= 4 is 11.6 Å². The van der Waals surface area contributed by atoms with Gasteiger partial charge >= 0.3 is 0 Å². The standard InChI is InChI=1S/C13H16N4/c1-16(2)13(14)15-11-7-3-4-8-12(11)17-9-5-6-10-17/h3-10H,1-2H3,(H2,14,15). The van der Waals surface area contributed by atoms with Crippen LogP contribution in [0.2, 0.25) is 0 Å². The molecule has 0 unspecified atom stereocenters. The van der Waals surface area contributed by atoms with Gasteiger partial charge in [-0.05, 0) is 24.3 Å². The normalized spacial score (nSPS) is 11.5. The summed E-state index contributed by atoms with van der Waals surface area (Å²) >= 11 is 0. The van der Waals surface area contributed by atoms with Crippen molar-refractivity contribution < 1.29 is 0 Å². The van der Waals surface area contributed by atoms with E-state index >= 15 is 0 Å². The Bertz CT molecular complexity index is 512. The van der Waals surface area contributed by atoms with Gasteiger partial charge in [0.15, 0.2) is 5.96 Å². The molecule has 0 atom stereocenters. The van der Waals surface area contributed by atoms with E-state index in [1.54, 1.807) is 4.90 Å². The molecule has 0 spiro atoms. The molecule has 4 nitrogen and oxygen atoms in total. The Morgan fingerprint density at radius 2 is 1.76 bits per heavy atom. The SMILES string of the molecule is CN(C)C(N)=Nc1ccccc1-n1cccc1. The molecule has 1 heterocycles. The van der Waals surface area contributed by atoms with E-state index in [-0.39, 0.29) is 0 Å². The Balaban J connectivity index is 2.45. The lowest BCUT2D eigenvalue weighted by atomic mass is 10.2. The van der Waals surface area contributed by atoms with E-state index in [1.807, 2.05) is 67.5 Å². The van der Waals surface area contributed by atoms with Crippen molar-refractivity contribution in [2.24, 2.45) is 10.7 Å². The van der Waals surface area contributed by atoms with Crippen molar-refractivity contribution in [3.05, 3.63) is 48.8 Å². The number of hydrogen-bond acceptors (Lipinski definition) is 1. The van der Waals surface area contributed by atoms with Gasteiger partial charge in [0.05, 0.1) is 11.4 Å². The van der Waals surface area contributed by atoms with Gasteiger partial charge < -0.3 is 15.2 Å². The fraction of sp³-hybridized carbons (Fsp3) is 0.154. The monoisotopic (exact) mass is 228 g/mol. The number of hydrogen-bond donors (Lipinski definition) is 1. The lowest BCUT2D eigenvalue weighted by Gasteiger charge is -2.12. The van der Waals surface area contributed by atoms with Crippen LogP contribution >= 0.6 is 0 Å². The number of rotatable bonds is 2. The maximum atomic E-state index is 5.84. The molecule has 0 aliphatic carbocycles. The van der Waals surface area contributed by atoms with Crippen molar-refractivity contribution in [3.8, 4) is 5.69 Å². The van der Waals surface area contributed by atoms with E-state index < -0.39 is 0 Å². The molecule has 2 aromatic rings. The molecule has 1 aromatic heterocycles. The summed E-state index contributed by atoms with van der Waals surface area (Å²) in [7, 11) is 3.74. The van der Waals surface area contributed by atoms with Crippen LogP contribution in [0.25, 0.3) is 5.69 Å². The minimum atomic E-state index is 0.490. The van der Waals surface area contributed by atoms with Gasteiger partial charge in [-0.2, -0.15) is 0 Å². The fourth-order valence-corrected chi connectivity index (χ4v) is 1.50. The molecule has 0 aliphatic heterocycles. The number of benzene rings is 1. The first kappa shape index (κ1) is 11.3. The van der Waals surface area contributed by atoms with Crippen molar-refractivity contribution in [2.75, 3.05) is 14.1 Å². The number of nitrogens with zero attached hydrogens (tertiary/aromatic N) is 3. The van der Waals surface area contributed by atoms with Gasteiger partial charge in [0.25, 0.3) is 0 Å². The molecule has 0 bridgehead atoms. The number of nitrogens with two attached hydrogens (primary N) is 1. The molecular formula is C13H16N4. The van der Waals surface area contributed by atoms with Crippen LogP contribution < -0.4 is 5.73 Å². The molecule has 17 heavy (non-hydrogen) atoms. The Hall–Kier alpha value is -2.23. The van der Waals surface area contributed by atoms with E-state index in [0.717, 1.165) is 11.4 Å². The van der Waals surface area contributed by atoms with Crippen LogP contribution in [0.3, 0.4) is 0 Å². The zero-order valence-electron chi connectivity index (χ0n) is 10.0. The summed E-state index contributed by atoms with van der Waals surface area (Å²) < 4.78 is 2.02. The molecule has 0 saturated carbocycles. The third-order valence-corrected chi connectivity index (χ3v) is 2.46. The second-order valence-electron chi connectivity index (χ2n) is 3.94. The lowest BCUT2D eigenvalue weighted by Crippen LogP contribution is -2.29. The van der Waals surface area contributed by atoms with Gasteiger partial charge in [-0.1, -0.05) is 12.1 Å². The minimum Gasteiger partial charge on any atom is -0.370 e. The van der Waals surface area contributed by atoms with Gasteiger partial charge in [0.1, 0.15) is 0 Å². The molecular weight excluding hydrogens is 212 g/mol. The van der Waals surface area contributed by atoms with Crippen molar-refractivity contribution in [1.29, 1.82) is 0 Å². The zero-order valence-corrected chi connectivity index (χ0v) is 10.0. The smallest absolute Gasteiger partial charge is 0.196 e. The molecule has 2 rings (SSSR count). The zero-order chi connectivity index (χ0) is 12.3. The number of aromatic nitrogens is 1. The molecule has 4 heteroatoms. The van der Waals surface area contributed by atoms with E-state index in [1.165, 1.54) is 0 Å². The third kappa shape index (κ3) is 2.47. The molecule has 1 aromatic carbocycles. The largest absolute Gasteiger partial charge is 0.370 e. The summed E-state index contributed by atoms with van der Waals surface area (Å²) in [5.41, 5.74) is 7.71. The summed E-state index contributed by atoms with van der Waals surface area (Å²) in [6.45, 7) is 0. The topological polar surface area (TPSA) is 46.5 Å². The predicted octanol–water partition coefficient (Wildman–Crippen LogP) is 1.99. The van der Waals surface area contributed by atoms with Crippen LogP contribution in [0.4, 0.5) is 5.69 Å². The predicted molar refractivity (Wildman–Crippen MR) is 70.7 cm³/mol. The first-order valence-electron chi connectivity index (χ1n) is 5.42. The van der Waals surface area contributed by atoms with Crippen molar-refractivity contribution in [2.45, 2.75) is 0 Å². The highest BCUT2D eigenvalue weighted by molar-refractivity contribution is 5.82.